The number of hydrogen-bond donors (Lipinski definition) is 1. The van der Waals surface area contributed by atoms with Crippen molar-refractivity contribution >= 4 is 30.3 Å². The molecule has 8 rings (SSSR count). The third-order valence-corrected chi connectivity index (χ3v) is 10.6. The lowest BCUT2D eigenvalue weighted by Crippen LogP contribution is -2.29. The number of aldehydes is 3. The Balaban J connectivity index is 0.000000150. The van der Waals surface area contributed by atoms with Crippen LogP contribution in [0.15, 0.2) is 200 Å². The van der Waals surface area contributed by atoms with Crippen molar-refractivity contribution in [3.05, 3.63) is 239 Å². The number of hydrogen-bond acceptors (Lipinski definition) is 6. The van der Waals surface area contributed by atoms with E-state index in [0.29, 0.717) is 12.8 Å². The van der Waals surface area contributed by atoms with E-state index in [1.54, 1.807) is 7.11 Å². The highest BCUT2D eigenvalue weighted by Gasteiger charge is 2.36. The van der Waals surface area contributed by atoms with Crippen molar-refractivity contribution in [2.24, 2.45) is 0 Å². The van der Waals surface area contributed by atoms with E-state index in [0.717, 1.165) is 69.2 Å². The van der Waals surface area contributed by atoms with E-state index >= 15 is 0 Å². The zero-order chi connectivity index (χ0) is 41.3. The Bertz CT molecular complexity index is 2270. The number of carbonyl (C=O) groups excluding carboxylic acids is 4. The summed E-state index contributed by atoms with van der Waals surface area (Å²) in [4.78, 5) is 46.1. The molecule has 6 heteroatoms. The smallest absolute Gasteiger partial charge is 0.151 e. The Morgan fingerprint density at radius 1 is 0.627 bits per heavy atom. The van der Waals surface area contributed by atoms with Crippen LogP contribution in [0.3, 0.4) is 0 Å². The molecule has 0 radical (unpaired) electrons. The van der Waals surface area contributed by atoms with E-state index < -0.39 is 11.3 Å². The molecule has 294 valence electrons. The fraction of sp³-hybridized carbons (Fsp3) is 0.132. The molecule has 0 fully saturated rings. The van der Waals surface area contributed by atoms with Crippen molar-refractivity contribution in [1.29, 1.82) is 0 Å². The highest BCUT2D eigenvalue weighted by atomic mass is 16.5. The molecule has 0 amide bonds. The maximum Gasteiger partial charge on any atom is 0.151 e. The van der Waals surface area contributed by atoms with E-state index in [1.165, 1.54) is 0 Å². The second kappa shape index (κ2) is 20.8. The predicted molar refractivity (Wildman–Crippen MR) is 235 cm³/mol. The molecule has 6 nitrogen and oxygen atoms in total. The Kier molecular flexibility index (Phi) is 14.6. The van der Waals surface area contributed by atoms with Crippen LogP contribution in [0.4, 0.5) is 5.69 Å². The van der Waals surface area contributed by atoms with Gasteiger partial charge in [-0.25, -0.2) is 0 Å². The molecule has 7 aromatic rings. The minimum atomic E-state index is -0.661. The zero-order valence-electron chi connectivity index (χ0n) is 33.0. The largest absolute Gasteiger partial charge is 0.497 e. The summed E-state index contributed by atoms with van der Waals surface area (Å²) >= 11 is 0. The molecular formula is C53H47NO5. The minimum absolute atomic E-state index is 0.0452. The van der Waals surface area contributed by atoms with Crippen LogP contribution >= 0.6 is 0 Å². The van der Waals surface area contributed by atoms with Gasteiger partial charge in [0.25, 0.3) is 0 Å². The van der Waals surface area contributed by atoms with Crippen LogP contribution in [0.1, 0.15) is 57.2 Å². The first-order valence-electron chi connectivity index (χ1n) is 19.6. The van der Waals surface area contributed by atoms with Crippen molar-refractivity contribution in [2.75, 3.05) is 12.4 Å². The molecule has 1 heterocycles. The molecule has 3 atom stereocenters. The van der Waals surface area contributed by atoms with Crippen molar-refractivity contribution in [3.63, 3.8) is 0 Å². The van der Waals surface area contributed by atoms with Crippen molar-refractivity contribution in [3.8, 4) is 5.75 Å². The molecule has 1 aliphatic heterocycles. The summed E-state index contributed by atoms with van der Waals surface area (Å²) in [7, 11) is 1.65. The summed E-state index contributed by atoms with van der Waals surface area (Å²) in [6.07, 6.45) is 3.43. The highest BCUT2D eigenvalue weighted by molar-refractivity contribution is 6.00. The van der Waals surface area contributed by atoms with Gasteiger partial charge in [0.2, 0.25) is 0 Å². The van der Waals surface area contributed by atoms with E-state index in [9.17, 15) is 19.2 Å². The topological polar surface area (TPSA) is 89.5 Å². The number of ether oxygens (including phenoxy) is 1. The molecular weight excluding hydrogens is 731 g/mol. The van der Waals surface area contributed by atoms with Gasteiger partial charge in [-0.3, -0.25) is 4.79 Å². The third kappa shape index (κ3) is 10.0. The van der Waals surface area contributed by atoms with Gasteiger partial charge in [-0.15, -0.1) is 0 Å². The number of nitrogens with one attached hydrogen (secondary N) is 1. The maximum atomic E-state index is 12.1. The number of rotatable bonds is 13. The zero-order valence-corrected chi connectivity index (χ0v) is 33.0. The Morgan fingerprint density at radius 3 is 1.56 bits per heavy atom. The fourth-order valence-corrected chi connectivity index (χ4v) is 7.73. The van der Waals surface area contributed by atoms with Crippen LogP contribution in [0.25, 0.3) is 0 Å². The summed E-state index contributed by atoms with van der Waals surface area (Å²) in [5, 5.41) is 3.26. The van der Waals surface area contributed by atoms with Gasteiger partial charge in [0, 0.05) is 24.4 Å². The number of Topliss-reactive ketones (excluding diaryl/α,β-unsaturated/α-hetero) is 1. The van der Waals surface area contributed by atoms with Crippen molar-refractivity contribution in [2.45, 2.75) is 36.1 Å². The summed E-state index contributed by atoms with van der Waals surface area (Å²) in [5.74, 6) is 0.130. The summed E-state index contributed by atoms with van der Waals surface area (Å²) in [6.45, 7) is 0. The third-order valence-electron chi connectivity index (χ3n) is 10.6. The number of fused-ring (bicyclic) bond motifs is 1. The fourth-order valence-electron chi connectivity index (χ4n) is 7.73. The van der Waals surface area contributed by atoms with Gasteiger partial charge in [0.15, 0.2) is 5.78 Å². The Hall–Kier alpha value is -7.18. The number of benzene rings is 7. The first-order chi connectivity index (χ1) is 29.0. The molecule has 0 bridgehead atoms. The van der Waals surface area contributed by atoms with Crippen LogP contribution < -0.4 is 10.1 Å². The first-order valence-corrected chi connectivity index (χ1v) is 19.6. The maximum absolute atomic E-state index is 12.1. The van der Waals surface area contributed by atoms with Crippen LogP contribution in [-0.4, -0.2) is 37.8 Å². The predicted octanol–water partition coefficient (Wildman–Crippen LogP) is 10.2. The van der Waals surface area contributed by atoms with Gasteiger partial charge in [0.05, 0.1) is 24.5 Å². The molecule has 3 unspecified atom stereocenters. The molecule has 59 heavy (non-hydrogen) atoms. The van der Waals surface area contributed by atoms with Gasteiger partial charge in [0.1, 0.15) is 24.6 Å². The quantitative estimate of drug-likeness (QED) is 0.0713. The molecule has 7 aromatic carbocycles. The average molecular weight is 778 g/mol. The van der Waals surface area contributed by atoms with Gasteiger partial charge in [-0.2, -0.15) is 0 Å². The molecule has 0 aromatic heterocycles. The molecule has 0 aliphatic carbocycles. The lowest BCUT2D eigenvalue weighted by molar-refractivity contribution is -0.123. The summed E-state index contributed by atoms with van der Waals surface area (Å²) in [5.41, 5.74) is 7.93. The van der Waals surface area contributed by atoms with Crippen LogP contribution in [0, 0.1) is 0 Å². The minimum Gasteiger partial charge on any atom is -0.497 e. The second-order valence-corrected chi connectivity index (χ2v) is 14.2. The number of anilines is 1. The summed E-state index contributed by atoms with van der Waals surface area (Å²) < 4.78 is 5.28. The van der Waals surface area contributed by atoms with Crippen LogP contribution in [-0.2, 0) is 31.0 Å². The first kappa shape index (κ1) is 41.5. The number of methoxy groups -OCH3 is 1. The molecule has 0 spiro atoms. The normalized spacial score (nSPS) is 14.3. The molecule has 0 saturated carbocycles. The molecule has 1 N–H and O–H groups in total. The molecule has 0 saturated heterocycles. The average Bonchev–Trinajstić information content (AvgIpc) is 3.69. The molecule has 1 aliphatic rings. The van der Waals surface area contributed by atoms with Gasteiger partial charge in [-0.1, -0.05) is 182 Å². The summed E-state index contributed by atoms with van der Waals surface area (Å²) in [6, 6.07) is 65.1. The monoisotopic (exact) mass is 777 g/mol. The SMILES string of the molecule is COc1ccc2c(c1)C(c1ccccc1)C(C=O)N2.O=CC(C(=O)Cc1ccccc1)c1ccccc1.O=CCC(c1ccccc1)(c1ccccc1)c1ccccc1. The van der Waals surface area contributed by atoms with Crippen LogP contribution in [0.2, 0.25) is 0 Å². The van der Waals surface area contributed by atoms with Crippen molar-refractivity contribution < 1.29 is 23.9 Å². The lowest BCUT2D eigenvalue weighted by Gasteiger charge is -2.34. The lowest BCUT2D eigenvalue weighted by atomic mass is 9.67. The van der Waals surface area contributed by atoms with E-state index in [4.69, 9.17) is 4.74 Å². The second-order valence-electron chi connectivity index (χ2n) is 14.2. The Labute approximate surface area is 346 Å². The van der Waals surface area contributed by atoms with Gasteiger partial charge >= 0.3 is 0 Å². The number of ketones is 1. The van der Waals surface area contributed by atoms with E-state index in [2.05, 4.69) is 53.8 Å². The van der Waals surface area contributed by atoms with E-state index in [-0.39, 0.29) is 17.7 Å². The van der Waals surface area contributed by atoms with E-state index in [1.807, 2.05) is 152 Å². The van der Waals surface area contributed by atoms with Crippen molar-refractivity contribution in [1.82, 2.24) is 0 Å². The highest BCUT2D eigenvalue weighted by Crippen LogP contribution is 2.42. The Morgan fingerprint density at radius 2 is 1.10 bits per heavy atom. The van der Waals surface area contributed by atoms with Crippen LogP contribution in [0.5, 0.6) is 5.75 Å². The van der Waals surface area contributed by atoms with Gasteiger partial charge < -0.3 is 24.4 Å². The standard InChI is InChI=1S/C21H18O.C16H15NO2.C16H14O2/c22-17-16-21(18-10-4-1-5-11-18,19-12-6-2-7-13-19)20-14-8-3-9-15-20;1-19-12-7-8-14-13(9-12)16(15(10-18)17-14)11-5-3-2-4-6-11;17-12-15(14-9-5-2-6-10-14)16(18)11-13-7-3-1-4-8-13/h1-15,17H,16H2;2-10,15-17H,1H3;1-10,12,15H,11H2. The van der Waals surface area contributed by atoms with Gasteiger partial charge in [-0.05, 0) is 57.1 Å². The number of carbonyl (C=O) groups is 4.